The van der Waals surface area contributed by atoms with Crippen molar-refractivity contribution in [2.75, 3.05) is 0 Å². The van der Waals surface area contributed by atoms with E-state index in [0.29, 0.717) is 11.1 Å². The Morgan fingerprint density at radius 3 is 1.67 bits per heavy atom. The van der Waals surface area contributed by atoms with Gasteiger partial charge in [0, 0.05) is 9.79 Å². The van der Waals surface area contributed by atoms with Crippen molar-refractivity contribution in [3.63, 3.8) is 0 Å². The standard InChI is InChI=1S/C8H5Cl2NS.C7H5NS/c9-8(10)12-7-3-1-6(5-11)2-4-7;8-5-6-1-3-7(9)4-2-6/h1-4,8H;1-4,9H. The topological polar surface area (TPSA) is 47.6 Å². The first-order chi connectivity index (χ1) is 10.0. The summed E-state index contributed by atoms with van der Waals surface area (Å²) in [5, 5.41) is 16.9. The predicted octanol–water partition coefficient (Wildman–Crippen LogP) is 5.26. The summed E-state index contributed by atoms with van der Waals surface area (Å²) in [4.78, 5) is 1.85. The summed E-state index contributed by atoms with van der Waals surface area (Å²) >= 11 is 16.5. The maximum Gasteiger partial charge on any atom is 0.157 e. The van der Waals surface area contributed by atoms with Gasteiger partial charge in [0.2, 0.25) is 0 Å². The Balaban J connectivity index is 0.000000219. The third kappa shape index (κ3) is 7.32. The third-order valence-electron chi connectivity index (χ3n) is 2.20. The van der Waals surface area contributed by atoms with Gasteiger partial charge in [-0.3, -0.25) is 0 Å². The van der Waals surface area contributed by atoms with E-state index in [0.717, 1.165) is 9.79 Å². The summed E-state index contributed by atoms with van der Waals surface area (Å²) in [5.41, 5.74) is 1.31. The van der Waals surface area contributed by atoms with E-state index in [-0.39, 0.29) is 0 Å². The van der Waals surface area contributed by atoms with E-state index in [2.05, 4.69) is 12.6 Å². The molecular formula is C15H10Cl2N2S2. The quantitative estimate of drug-likeness (QED) is 0.455. The summed E-state index contributed by atoms with van der Waals surface area (Å²) in [6.45, 7) is 0. The average Bonchev–Trinajstić information content (AvgIpc) is 2.49. The number of alkyl halides is 2. The zero-order chi connectivity index (χ0) is 15.7. The number of nitriles is 2. The van der Waals surface area contributed by atoms with E-state index >= 15 is 0 Å². The lowest BCUT2D eigenvalue weighted by atomic mass is 10.2. The number of thiol groups is 1. The molecule has 0 bridgehead atoms. The fraction of sp³-hybridized carbons (Fsp3) is 0.0667. The molecule has 0 saturated heterocycles. The van der Waals surface area contributed by atoms with E-state index in [1.54, 1.807) is 36.4 Å². The molecule has 0 heterocycles. The normalized spacial score (nSPS) is 9.24. The highest BCUT2D eigenvalue weighted by Gasteiger charge is 2.00. The van der Waals surface area contributed by atoms with Crippen molar-refractivity contribution in [3.8, 4) is 12.1 Å². The van der Waals surface area contributed by atoms with Crippen molar-refractivity contribution < 1.29 is 0 Å². The molecule has 0 radical (unpaired) electrons. The minimum Gasteiger partial charge on any atom is -0.192 e. The molecular weight excluding hydrogens is 343 g/mol. The molecule has 0 atom stereocenters. The zero-order valence-corrected chi connectivity index (χ0v) is 13.9. The van der Waals surface area contributed by atoms with Crippen molar-refractivity contribution >= 4 is 47.6 Å². The molecule has 0 amide bonds. The molecule has 2 rings (SSSR count). The van der Waals surface area contributed by atoms with Crippen LogP contribution >= 0.6 is 47.6 Å². The van der Waals surface area contributed by atoms with Crippen LogP contribution in [-0.4, -0.2) is 4.17 Å². The first kappa shape index (κ1) is 17.8. The average molecular weight is 353 g/mol. The second-order valence-electron chi connectivity index (χ2n) is 3.67. The summed E-state index contributed by atoms with van der Waals surface area (Å²) in [5.74, 6) is 0. The molecule has 21 heavy (non-hydrogen) atoms. The molecule has 0 aliphatic heterocycles. The Kier molecular flexibility index (Phi) is 8.12. The van der Waals surface area contributed by atoms with Crippen LogP contribution in [0.3, 0.4) is 0 Å². The molecule has 106 valence electrons. The largest absolute Gasteiger partial charge is 0.192 e. The number of hydrogen-bond donors (Lipinski definition) is 1. The lowest BCUT2D eigenvalue weighted by Crippen LogP contribution is -1.78. The van der Waals surface area contributed by atoms with Gasteiger partial charge in [-0.1, -0.05) is 35.0 Å². The monoisotopic (exact) mass is 352 g/mol. The molecule has 2 nitrogen and oxygen atoms in total. The molecule has 0 spiro atoms. The van der Waals surface area contributed by atoms with Crippen molar-refractivity contribution in [1.82, 2.24) is 0 Å². The minimum absolute atomic E-state index is 0.460. The highest BCUT2D eigenvalue weighted by Crippen LogP contribution is 2.28. The Morgan fingerprint density at radius 2 is 1.29 bits per heavy atom. The van der Waals surface area contributed by atoms with E-state index in [9.17, 15) is 0 Å². The maximum atomic E-state index is 8.50. The van der Waals surface area contributed by atoms with Gasteiger partial charge in [0.05, 0.1) is 23.3 Å². The van der Waals surface area contributed by atoms with Crippen LogP contribution in [0.25, 0.3) is 0 Å². The van der Waals surface area contributed by atoms with Gasteiger partial charge in [0.1, 0.15) is 0 Å². The number of rotatable bonds is 2. The van der Waals surface area contributed by atoms with E-state index in [1.165, 1.54) is 11.8 Å². The van der Waals surface area contributed by atoms with Crippen LogP contribution in [-0.2, 0) is 0 Å². The maximum absolute atomic E-state index is 8.50. The first-order valence-electron chi connectivity index (χ1n) is 5.69. The van der Waals surface area contributed by atoms with Crippen LogP contribution in [0.4, 0.5) is 0 Å². The SMILES string of the molecule is N#Cc1ccc(S)cc1.N#Cc1ccc(SC(Cl)Cl)cc1. The van der Waals surface area contributed by atoms with Crippen molar-refractivity contribution in [1.29, 1.82) is 10.5 Å². The number of thioether (sulfide) groups is 1. The lowest BCUT2D eigenvalue weighted by molar-refractivity contribution is 1.41. The van der Waals surface area contributed by atoms with Gasteiger partial charge in [-0.2, -0.15) is 10.5 Å². The van der Waals surface area contributed by atoms with Crippen LogP contribution in [0.15, 0.2) is 58.3 Å². The van der Waals surface area contributed by atoms with Gasteiger partial charge < -0.3 is 0 Å². The van der Waals surface area contributed by atoms with Crippen molar-refractivity contribution in [2.24, 2.45) is 0 Å². The molecule has 6 heteroatoms. The van der Waals surface area contributed by atoms with Gasteiger partial charge in [-0.15, -0.1) is 12.6 Å². The predicted molar refractivity (Wildman–Crippen MR) is 90.9 cm³/mol. The fourth-order valence-corrected chi connectivity index (χ4v) is 2.51. The summed E-state index contributed by atoms with van der Waals surface area (Å²) in [7, 11) is 0. The first-order valence-corrected chi connectivity index (χ1v) is 7.89. The van der Waals surface area contributed by atoms with E-state index in [4.69, 9.17) is 33.7 Å². The Morgan fingerprint density at radius 1 is 0.857 bits per heavy atom. The molecule has 0 aromatic heterocycles. The summed E-state index contributed by atoms with van der Waals surface area (Å²) < 4.78 is -0.460. The van der Waals surface area contributed by atoms with E-state index < -0.39 is 4.17 Å². The number of hydrogen-bond acceptors (Lipinski definition) is 4. The van der Waals surface area contributed by atoms with Gasteiger partial charge in [-0.05, 0) is 48.5 Å². The Hall–Kier alpha value is -1.30. The number of nitrogens with zero attached hydrogens (tertiary/aromatic N) is 2. The van der Waals surface area contributed by atoms with Crippen molar-refractivity contribution in [2.45, 2.75) is 14.0 Å². The van der Waals surface area contributed by atoms with Gasteiger partial charge in [0.15, 0.2) is 4.17 Å². The third-order valence-corrected chi connectivity index (χ3v) is 3.76. The lowest BCUT2D eigenvalue weighted by Gasteiger charge is -1.99. The summed E-state index contributed by atoms with van der Waals surface area (Å²) in [6, 6.07) is 18.2. The highest BCUT2D eigenvalue weighted by molar-refractivity contribution is 8.02. The van der Waals surface area contributed by atoms with Crippen molar-refractivity contribution in [3.05, 3.63) is 59.7 Å². The second-order valence-corrected chi connectivity index (χ2v) is 6.98. The minimum atomic E-state index is -0.460. The van der Waals surface area contributed by atoms with Crippen LogP contribution in [0, 0.1) is 22.7 Å². The molecule has 0 saturated carbocycles. The Bertz CT molecular complexity index is 641. The summed E-state index contributed by atoms with van der Waals surface area (Å²) in [6.07, 6.45) is 0. The van der Waals surface area contributed by atoms with Crippen LogP contribution < -0.4 is 0 Å². The molecule has 0 unspecified atom stereocenters. The molecule has 2 aromatic rings. The van der Waals surface area contributed by atoms with Gasteiger partial charge in [-0.25, -0.2) is 0 Å². The van der Waals surface area contributed by atoms with Crippen LogP contribution in [0.5, 0.6) is 0 Å². The van der Waals surface area contributed by atoms with Crippen LogP contribution in [0.1, 0.15) is 11.1 Å². The molecule has 0 aliphatic rings. The van der Waals surface area contributed by atoms with Gasteiger partial charge >= 0.3 is 0 Å². The molecule has 0 fully saturated rings. The zero-order valence-electron chi connectivity index (χ0n) is 10.7. The van der Waals surface area contributed by atoms with E-state index in [1.807, 2.05) is 24.3 Å². The molecule has 0 N–H and O–H groups in total. The second kappa shape index (κ2) is 9.60. The molecule has 0 aliphatic carbocycles. The Labute approximate surface area is 143 Å². The highest BCUT2D eigenvalue weighted by atomic mass is 35.5. The molecule has 2 aromatic carbocycles. The smallest absolute Gasteiger partial charge is 0.157 e. The van der Waals surface area contributed by atoms with Gasteiger partial charge in [0.25, 0.3) is 0 Å². The number of halogens is 2. The van der Waals surface area contributed by atoms with Crippen LogP contribution in [0.2, 0.25) is 0 Å². The fourth-order valence-electron chi connectivity index (χ4n) is 1.25. The number of benzene rings is 2.